The Kier molecular flexibility index (Phi) is 2.57. The summed E-state index contributed by atoms with van der Waals surface area (Å²) in [6.45, 7) is 0. The van der Waals surface area contributed by atoms with E-state index in [-0.39, 0.29) is 0 Å². The molecule has 2 aromatic heterocycles. The van der Waals surface area contributed by atoms with Crippen molar-refractivity contribution in [3.63, 3.8) is 0 Å². The van der Waals surface area contributed by atoms with Crippen LogP contribution in [0.1, 0.15) is 0 Å². The van der Waals surface area contributed by atoms with Crippen LogP contribution in [-0.2, 0) is 0 Å². The fourth-order valence-electron chi connectivity index (χ4n) is 2.40. The van der Waals surface area contributed by atoms with Crippen molar-refractivity contribution in [1.82, 2.24) is 10.2 Å². The first-order chi connectivity index (χ1) is 9.83. The molecule has 2 heterocycles. The third-order valence-corrected chi connectivity index (χ3v) is 3.94. The Hall–Kier alpha value is -2.20. The van der Waals surface area contributed by atoms with E-state index in [2.05, 4.69) is 50.4 Å². The first-order valence-electron chi connectivity index (χ1n) is 6.21. The van der Waals surface area contributed by atoms with Gasteiger partial charge in [0.05, 0.1) is 6.26 Å². The normalized spacial score (nSPS) is 11.2. The van der Waals surface area contributed by atoms with Crippen LogP contribution in [0, 0.1) is 0 Å². The van der Waals surface area contributed by atoms with E-state index in [4.69, 9.17) is 4.42 Å². The molecule has 0 amide bonds. The second kappa shape index (κ2) is 4.42. The van der Waals surface area contributed by atoms with Gasteiger partial charge < -0.3 is 4.42 Å². The van der Waals surface area contributed by atoms with Crippen molar-refractivity contribution in [2.45, 2.75) is 0 Å². The van der Waals surface area contributed by atoms with E-state index in [0.29, 0.717) is 0 Å². The number of benzene rings is 2. The van der Waals surface area contributed by atoms with Crippen molar-refractivity contribution in [2.24, 2.45) is 0 Å². The molecule has 20 heavy (non-hydrogen) atoms. The highest BCUT2D eigenvalue weighted by Gasteiger charge is 2.12. The van der Waals surface area contributed by atoms with Gasteiger partial charge in [-0.2, -0.15) is 0 Å². The molecule has 0 unspecified atom stereocenters. The summed E-state index contributed by atoms with van der Waals surface area (Å²) in [6.07, 6.45) is 1.64. The number of hydrogen-bond donors (Lipinski definition) is 0. The van der Waals surface area contributed by atoms with Gasteiger partial charge in [0, 0.05) is 10.8 Å². The lowest BCUT2D eigenvalue weighted by atomic mass is 10.0. The number of hydrogen-bond acceptors (Lipinski definition) is 3. The average Bonchev–Trinajstić information content (AvgIpc) is 3.00. The van der Waals surface area contributed by atoms with Crippen LogP contribution in [0.4, 0.5) is 0 Å². The van der Waals surface area contributed by atoms with Gasteiger partial charge in [0.1, 0.15) is 10.3 Å². The zero-order chi connectivity index (χ0) is 13.5. The topological polar surface area (TPSA) is 38.9 Å². The minimum atomic E-state index is 0.727. The molecule has 0 fully saturated rings. The van der Waals surface area contributed by atoms with Crippen LogP contribution in [0.5, 0.6) is 0 Å². The monoisotopic (exact) mass is 324 g/mol. The van der Waals surface area contributed by atoms with Gasteiger partial charge in [-0.05, 0) is 51.0 Å². The molecule has 96 valence electrons. The van der Waals surface area contributed by atoms with Crippen LogP contribution in [0.15, 0.2) is 63.8 Å². The first-order valence-corrected chi connectivity index (χ1v) is 7.01. The minimum Gasteiger partial charge on any atom is -0.463 e. The van der Waals surface area contributed by atoms with E-state index < -0.39 is 0 Å². The quantitative estimate of drug-likeness (QED) is 0.472. The molecule has 4 rings (SSSR count). The molecule has 0 saturated carbocycles. The Labute approximate surface area is 123 Å². The van der Waals surface area contributed by atoms with Crippen molar-refractivity contribution >= 4 is 37.5 Å². The molecule has 0 aliphatic rings. The van der Waals surface area contributed by atoms with Crippen LogP contribution in [-0.4, -0.2) is 10.2 Å². The van der Waals surface area contributed by atoms with E-state index in [1.807, 2.05) is 24.3 Å². The van der Waals surface area contributed by atoms with Crippen LogP contribution < -0.4 is 0 Å². The second-order valence-corrected chi connectivity index (χ2v) is 5.31. The van der Waals surface area contributed by atoms with E-state index in [1.54, 1.807) is 6.26 Å². The maximum absolute atomic E-state index is 5.46. The largest absolute Gasteiger partial charge is 0.463 e. The smallest absolute Gasteiger partial charge is 0.154 e. The Bertz CT molecular complexity index is 916. The molecule has 3 nitrogen and oxygen atoms in total. The molecule has 0 saturated heterocycles. The number of nitrogens with zero attached hydrogens (tertiary/aromatic N) is 2. The third-order valence-electron chi connectivity index (χ3n) is 3.36. The number of furan rings is 1. The maximum atomic E-state index is 5.46. The first kappa shape index (κ1) is 11.6. The molecule has 0 atom stereocenters. The number of rotatable bonds is 1. The fraction of sp³-hybridized carbons (Fsp3) is 0. The van der Waals surface area contributed by atoms with Gasteiger partial charge in [-0.15, -0.1) is 10.2 Å². The van der Waals surface area contributed by atoms with E-state index in [0.717, 1.165) is 26.8 Å². The van der Waals surface area contributed by atoms with Crippen molar-refractivity contribution in [2.75, 3.05) is 0 Å². The molecular formula is C16H9BrN2O. The lowest BCUT2D eigenvalue weighted by Gasteiger charge is -2.06. The highest BCUT2D eigenvalue weighted by molar-refractivity contribution is 9.10. The maximum Gasteiger partial charge on any atom is 0.154 e. The highest BCUT2D eigenvalue weighted by atomic mass is 79.9. The SMILES string of the molecule is Brc1nnc(-c2ccco2)c2cc3ccccc3cc12. The van der Waals surface area contributed by atoms with Gasteiger partial charge >= 0.3 is 0 Å². The summed E-state index contributed by atoms with van der Waals surface area (Å²) in [4.78, 5) is 0. The molecule has 4 heteroatoms. The number of halogens is 1. The third kappa shape index (κ3) is 1.72. The van der Waals surface area contributed by atoms with Gasteiger partial charge in [0.2, 0.25) is 0 Å². The van der Waals surface area contributed by atoms with Gasteiger partial charge in [0.25, 0.3) is 0 Å². The van der Waals surface area contributed by atoms with Crippen LogP contribution in [0.2, 0.25) is 0 Å². The fourth-order valence-corrected chi connectivity index (χ4v) is 2.81. The van der Waals surface area contributed by atoms with Gasteiger partial charge in [-0.25, -0.2) is 0 Å². The highest BCUT2D eigenvalue weighted by Crippen LogP contribution is 2.33. The van der Waals surface area contributed by atoms with Crippen molar-refractivity contribution in [1.29, 1.82) is 0 Å². The summed E-state index contributed by atoms with van der Waals surface area (Å²) >= 11 is 3.48. The lowest BCUT2D eigenvalue weighted by Crippen LogP contribution is -1.91. The van der Waals surface area contributed by atoms with Crippen LogP contribution >= 0.6 is 15.9 Å². The second-order valence-electron chi connectivity index (χ2n) is 4.56. The summed E-state index contributed by atoms with van der Waals surface area (Å²) in [5.74, 6) is 0.727. The van der Waals surface area contributed by atoms with Crippen LogP contribution in [0.3, 0.4) is 0 Å². The summed E-state index contributed by atoms with van der Waals surface area (Å²) in [5, 5.41) is 12.9. The van der Waals surface area contributed by atoms with E-state index >= 15 is 0 Å². The standard InChI is InChI=1S/C16H9BrN2O/c17-16-13-9-11-5-2-1-4-10(11)8-12(13)15(18-19-16)14-6-3-7-20-14/h1-9H. The van der Waals surface area contributed by atoms with Crippen LogP contribution in [0.25, 0.3) is 33.0 Å². The van der Waals surface area contributed by atoms with Crippen molar-refractivity contribution in [3.8, 4) is 11.5 Å². The molecule has 4 aromatic rings. The lowest BCUT2D eigenvalue weighted by molar-refractivity contribution is 0.579. The van der Waals surface area contributed by atoms with Crippen molar-refractivity contribution < 1.29 is 4.42 Å². The van der Waals surface area contributed by atoms with Gasteiger partial charge in [0.15, 0.2) is 5.76 Å². The molecule has 2 aromatic carbocycles. The molecule has 0 bridgehead atoms. The number of aromatic nitrogens is 2. The minimum absolute atomic E-state index is 0.727. The van der Waals surface area contributed by atoms with Gasteiger partial charge in [-0.1, -0.05) is 24.3 Å². The zero-order valence-corrected chi connectivity index (χ0v) is 12.0. The predicted octanol–water partition coefficient (Wildman–Crippen LogP) is 4.81. The summed E-state index contributed by atoms with van der Waals surface area (Å²) in [7, 11) is 0. The molecule has 0 radical (unpaired) electrons. The zero-order valence-electron chi connectivity index (χ0n) is 10.4. The average molecular weight is 325 g/mol. The van der Waals surface area contributed by atoms with Crippen molar-refractivity contribution in [3.05, 3.63) is 59.4 Å². The van der Waals surface area contributed by atoms with E-state index in [1.165, 1.54) is 10.8 Å². The molecule has 0 spiro atoms. The number of fused-ring (bicyclic) bond motifs is 2. The molecule has 0 aliphatic heterocycles. The summed E-state index contributed by atoms with van der Waals surface area (Å²) in [6, 6.07) is 16.2. The molecular weight excluding hydrogens is 316 g/mol. The Balaban J connectivity index is 2.16. The predicted molar refractivity (Wildman–Crippen MR) is 82.4 cm³/mol. The Morgan fingerprint density at radius 1 is 0.850 bits per heavy atom. The van der Waals surface area contributed by atoms with Gasteiger partial charge in [-0.3, -0.25) is 0 Å². The Morgan fingerprint density at radius 3 is 2.30 bits per heavy atom. The Morgan fingerprint density at radius 2 is 1.60 bits per heavy atom. The summed E-state index contributed by atoms with van der Waals surface area (Å²) in [5.41, 5.74) is 0.763. The summed E-state index contributed by atoms with van der Waals surface area (Å²) < 4.78 is 6.21. The molecule has 0 aliphatic carbocycles. The molecule has 0 N–H and O–H groups in total. The van der Waals surface area contributed by atoms with E-state index in [9.17, 15) is 0 Å².